The molecule has 0 bridgehead atoms. The van der Waals surface area contributed by atoms with Crippen LogP contribution in [-0.4, -0.2) is 47.4 Å². The fourth-order valence-corrected chi connectivity index (χ4v) is 5.40. The lowest BCUT2D eigenvalue weighted by molar-refractivity contribution is -0.132. The van der Waals surface area contributed by atoms with E-state index in [1.807, 2.05) is 0 Å². The Morgan fingerprint density at radius 1 is 0.826 bits per heavy atom. The Morgan fingerprint density at radius 2 is 1.61 bits per heavy atom. The van der Waals surface area contributed by atoms with E-state index in [2.05, 4.69) is 9.80 Å². The van der Waals surface area contributed by atoms with Crippen LogP contribution in [0.1, 0.15) is 77.0 Å². The molecule has 1 amide bonds. The zero-order valence-corrected chi connectivity index (χ0v) is 14.8. The van der Waals surface area contributed by atoms with Gasteiger partial charge < -0.3 is 9.80 Å². The zero-order chi connectivity index (χ0) is 15.7. The lowest BCUT2D eigenvalue weighted by atomic mass is 9.84. The van der Waals surface area contributed by atoms with E-state index in [1.165, 1.54) is 83.8 Å². The second kappa shape index (κ2) is 6.74. The first-order valence-corrected chi connectivity index (χ1v) is 10.3. The molecule has 2 saturated heterocycles. The summed E-state index contributed by atoms with van der Waals surface area (Å²) in [5.74, 6) is 2.24. The molecule has 4 aliphatic rings. The van der Waals surface area contributed by atoms with Crippen LogP contribution in [0.15, 0.2) is 0 Å². The van der Waals surface area contributed by atoms with Crippen LogP contribution in [0.4, 0.5) is 0 Å². The van der Waals surface area contributed by atoms with Crippen molar-refractivity contribution in [2.24, 2.45) is 11.8 Å². The fourth-order valence-electron chi connectivity index (χ4n) is 5.40. The van der Waals surface area contributed by atoms with Crippen molar-refractivity contribution in [3.63, 3.8) is 0 Å². The molecule has 1 atom stereocenters. The number of hydrogen-bond acceptors (Lipinski definition) is 2. The van der Waals surface area contributed by atoms with Gasteiger partial charge in [0.25, 0.3) is 0 Å². The molecule has 0 radical (unpaired) electrons. The van der Waals surface area contributed by atoms with Crippen molar-refractivity contribution < 1.29 is 4.79 Å². The summed E-state index contributed by atoms with van der Waals surface area (Å²) in [6, 6.07) is 0. The first-order valence-electron chi connectivity index (χ1n) is 10.3. The highest BCUT2D eigenvalue weighted by Gasteiger charge is 2.46. The lowest BCUT2D eigenvalue weighted by Crippen LogP contribution is -2.48. The number of amides is 1. The van der Waals surface area contributed by atoms with Crippen LogP contribution in [0.5, 0.6) is 0 Å². The van der Waals surface area contributed by atoms with E-state index in [1.54, 1.807) is 0 Å². The fraction of sp³-hybridized carbons (Fsp3) is 0.950. The molecule has 0 aromatic carbocycles. The van der Waals surface area contributed by atoms with Gasteiger partial charge in [-0.3, -0.25) is 4.79 Å². The Balaban J connectivity index is 1.40. The van der Waals surface area contributed by atoms with Crippen molar-refractivity contribution >= 4 is 5.91 Å². The Bertz CT molecular complexity index is 427. The van der Waals surface area contributed by atoms with Crippen molar-refractivity contribution in [3.8, 4) is 0 Å². The van der Waals surface area contributed by atoms with Gasteiger partial charge in [0.2, 0.25) is 5.91 Å². The SMILES string of the molecule is O=C1CC[C@@]2(CCCN(CC3CC3)CC2)N1CC1CCCCC1. The molecular weight excluding hydrogens is 284 g/mol. The van der Waals surface area contributed by atoms with E-state index in [-0.39, 0.29) is 5.54 Å². The van der Waals surface area contributed by atoms with Crippen LogP contribution in [0.2, 0.25) is 0 Å². The number of nitrogens with zero attached hydrogens (tertiary/aromatic N) is 2. The summed E-state index contributed by atoms with van der Waals surface area (Å²) in [4.78, 5) is 17.7. The highest BCUT2D eigenvalue weighted by Crippen LogP contribution is 2.41. The first kappa shape index (κ1) is 15.9. The summed E-state index contributed by atoms with van der Waals surface area (Å²) in [6.45, 7) is 4.89. The van der Waals surface area contributed by atoms with Crippen molar-refractivity contribution in [2.45, 2.75) is 82.6 Å². The van der Waals surface area contributed by atoms with Crippen molar-refractivity contribution in [2.75, 3.05) is 26.2 Å². The maximum absolute atomic E-state index is 12.6. The van der Waals surface area contributed by atoms with E-state index in [0.29, 0.717) is 5.91 Å². The summed E-state index contributed by atoms with van der Waals surface area (Å²) in [5, 5.41) is 0. The third kappa shape index (κ3) is 3.60. The van der Waals surface area contributed by atoms with Crippen LogP contribution in [0, 0.1) is 11.8 Å². The van der Waals surface area contributed by atoms with Crippen LogP contribution in [0.25, 0.3) is 0 Å². The second-order valence-corrected chi connectivity index (χ2v) is 8.83. The molecule has 0 unspecified atom stereocenters. The van der Waals surface area contributed by atoms with Gasteiger partial charge in [-0.2, -0.15) is 0 Å². The number of rotatable bonds is 4. The molecule has 0 aromatic heterocycles. The van der Waals surface area contributed by atoms with Gasteiger partial charge in [-0.1, -0.05) is 19.3 Å². The highest BCUT2D eigenvalue weighted by atomic mass is 16.2. The summed E-state index contributed by atoms with van der Waals surface area (Å²) in [6.07, 6.45) is 15.5. The third-order valence-corrected chi connectivity index (χ3v) is 7.07. The molecular formula is C20H34N2O. The topological polar surface area (TPSA) is 23.6 Å². The van der Waals surface area contributed by atoms with Crippen LogP contribution < -0.4 is 0 Å². The Labute approximate surface area is 141 Å². The van der Waals surface area contributed by atoms with Gasteiger partial charge in [-0.05, 0) is 69.7 Å². The third-order valence-electron chi connectivity index (χ3n) is 7.07. The molecule has 0 aromatic rings. The number of hydrogen-bond donors (Lipinski definition) is 0. The Kier molecular flexibility index (Phi) is 4.67. The minimum absolute atomic E-state index is 0.229. The van der Waals surface area contributed by atoms with Crippen molar-refractivity contribution in [1.29, 1.82) is 0 Å². The number of carbonyl (C=O) groups is 1. The standard InChI is InChI=1S/C20H34N2O/c23-19-9-11-20(22(19)16-17-5-2-1-3-6-17)10-4-13-21(14-12-20)15-18-7-8-18/h17-18H,1-16H2/t20-/m1/s1. The van der Waals surface area contributed by atoms with E-state index in [4.69, 9.17) is 0 Å². The van der Waals surface area contributed by atoms with Crippen LogP contribution >= 0.6 is 0 Å². The summed E-state index contributed by atoms with van der Waals surface area (Å²) in [5.41, 5.74) is 0.229. The summed E-state index contributed by atoms with van der Waals surface area (Å²) in [7, 11) is 0. The minimum Gasteiger partial charge on any atom is -0.337 e. The maximum Gasteiger partial charge on any atom is 0.223 e. The van der Waals surface area contributed by atoms with Crippen molar-refractivity contribution in [3.05, 3.63) is 0 Å². The molecule has 0 N–H and O–H groups in total. The maximum atomic E-state index is 12.6. The second-order valence-electron chi connectivity index (χ2n) is 8.83. The molecule has 4 fully saturated rings. The largest absolute Gasteiger partial charge is 0.337 e. The lowest BCUT2D eigenvalue weighted by Gasteiger charge is -2.41. The molecule has 2 aliphatic carbocycles. The van der Waals surface area contributed by atoms with Gasteiger partial charge in [0.15, 0.2) is 0 Å². The van der Waals surface area contributed by atoms with Gasteiger partial charge >= 0.3 is 0 Å². The Hall–Kier alpha value is -0.570. The quantitative estimate of drug-likeness (QED) is 0.786. The van der Waals surface area contributed by atoms with Crippen LogP contribution in [0.3, 0.4) is 0 Å². The van der Waals surface area contributed by atoms with Gasteiger partial charge in [0.1, 0.15) is 0 Å². The molecule has 23 heavy (non-hydrogen) atoms. The molecule has 2 heterocycles. The van der Waals surface area contributed by atoms with Crippen LogP contribution in [-0.2, 0) is 4.79 Å². The average molecular weight is 319 g/mol. The smallest absolute Gasteiger partial charge is 0.223 e. The summed E-state index contributed by atoms with van der Waals surface area (Å²) < 4.78 is 0. The molecule has 2 aliphatic heterocycles. The normalized spacial score (nSPS) is 34.3. The highest BCUT2D eigenvalue weighted by molar-refractivity contribution is 5.79. The number of likely N-dealkylation sites (tertiary alicyclic amines) is 2. The Morgan fingerprint density at radius 3 is 2.39 bits per heavy atom. The van der Waals surface area contributed by atoms with E-state index < -0.39 is 0 Å². The van der Waals surface area contributed by atoms with E-state index >= 15 is 0 Å². The molecule has 130 valence electrons. The molecule has 2 saturated carbocycles. The summed E-state index contributed by atoms with van der Waals surface area (Å²) >= 11 is 0. The molecule has 1 spiro atoms. The molecule has 4 rings (SSSR count). The predicted molar refractivity (Wildman–Crippen MR) is 93.3 cm³/mol. The van der Waals surface area contributed by atoms with E-state index in [9.17, 15) is 4.79 Å². The minimum atomic E-state index is 0.229. The molecule has 3 nitrogen and oxygen atoms in total. The number of carbonyl (C=O) groups excluding carboxylic acids is 1. The van der Waals surface area contributed by atoms with Gasteiger partial charge in [0, 0.05) is 31.6 Å². The van der Waals surface area contributed by atoms with E-state index in [0.717, 1.165) is 31.2 Å². The van der Waals surface area contributed by atoms with Gasteiger partial charge in [0.05, 0.1) is 0 Å². The first-order chi connectivity index (χ1) is 11.3. The van der Waals surface area contributed by atoms with Gasteiger partial charge in [-0.25, -0.2) is 0 Å². The predicted octanol–water partition coefficient (Wildman–Crippen LogP) is 3.82. The van der Waals surface area contributed by atoms with Gasteiger partial charge in [-0.15, -0.1) is 0 Å². The average Bonchev–Trinajstić information content (AvgIpc) is 3.36. The molecule has 3 heteroatoms. The zero-order valence-electron chi connectivity index (χ0n) is 14.8. The van der Waals surface area contributed by atoms with Crippen molar-refractivity contribution in [1.82, 2.24) is 9.80 Å². The monoisotopic (exact) mass is 318 g/mol.